The molecule has 0 aliphatic rings. The van der Waals surface area contributed by atoms with E-state index >= 15 is 0 Å². The van der Waals surface area contributed by atoms with Crippen molar-refractivity contribution in [2.45, 2.75) is 6.54 Å². The Bertz CT molecular complexity index is 787. The minimum atomic E-state index is 0.348. The third kappa shape index (κ3) is 3.35. The number of hydrogen-bond donors (Lipinski definition) is 1. The van der Waals surface area contributed by atoms with Gasteiger partial charge in [-0.1, -0.05) is 40.9 Å². The fourth-order valence-corrected chi connectivity index (χ4v) is 2.34. The number of aromatic nitrogens is 2. The Morgan fingerprint density at radius 3 is 2.50 bits per heavy atom. The van der Waals surface area contributed by atoms with Gasteiger partial charge in [-0.15, -0.1) is 10.2 Å². The first-order valence-corrected chi connectivity index (χ1v) is 7.53. The van der Waals surface area contributed by atoms with Gasteiger partial charge in [0.2, 0.25) is 11.8 Å². The second-order valence-corrected chi connectivity index (χ2v) is 5.68. The summed E-state index contributed by atoms with van der Waals surface area (Å²) in [5.41, 5.74) is 1.52. The summed E-state index contributed by atoms with van der Waals surface area (Å²) in [7, 11) is 0. The first-order chi connectivity index (χ1) is 10.6. The molecule has 1 aromatic heterocycles. The summed E-state index contributed by atoms with van der Waals surface area (Å²) in [5, 5.41) is 12.7. The Labute approximate surface area is 142 Å². The van der Waals surface area contributed by atoms with E-state index in [1.807, 2.05) is 24.3 Å². The topological polar surface area (TPSA) is 51.0 Å². The maximum absolute atomic E-state index is 6.10. The lowest BCUT2D eigenvalue weighted by atomic mass is 10.2. The van der Waals surface area contributed by atoms with Crippen LogP contribution in [0.5, 0.6) is 0 Å². The maximum atomic E-state index is 6.10. The van der Waals surface area contributed by atoms with Gasteiger partial charge in [-0.3, -0.25) is 0 Å². The second-order valence-electron chi connectivity index (χ2n) is 4.46. The van der Waals surface area contributed by atoms with E-state index < -0.39 is 0 Å². The summed E-state index contributed by atoms with van der Waals surface area (Å²) in [4.78, 5) is 0. The number of anilines is 1. The molecule has 7 heteroatoms. The summed E-state index contributed by atoms with van der Waals surface area (Å²) < 4.78 is 5.60. The van der Waals surface area contributed by atoms with Gasteiger partial charge >= 0.3 is 0 Å². The molecule has 0 aliphatic heterocycles. The van der Waals surface area contributed by atoms with E-state index in [-0.39, 0.29) is 0 Å². The molecule has 1 heterocycles. The lowest BCUT2D eigenvalue weighted by molar-refractivity contribution is 0.515. The summed E-state index contributed by atoms with van der Waals surface area (Å²) >= 11 is 17.9. The minimum absolute atomic E-state index is 0.348. The normalized spacial score (nSPS) is 10.7. The number of nitrogens with zero attached hydrogens (tertiary/aromatic N) is 2. The van der Waals surface area contributed by atoms with Gasteiger partial charge in [0, 0.05) is 10.6 Å². The first kappa shape index (κ1) is 15.2. The van der Waals surface area contributed by atoms with E-state index in [0.717, 1.165) is 5.56 Å². The monoisotopic (exact) mass is 353 g/mol. The third-order valence-electron chi connectivity index (χ3n) is 2.94. The minimum Gasteiger partial charge on any atom is -0.419 e. The molecule has 3 rings (SSSR count). The van der Waals surface area contributed by atoms with Crippen molar-refractivity contribution in [3.63, 3.8) is 0 Å². The number of nitrogens with one attached hydrogen (secondary N) is 1. The van der Waals surface area contributed by atoms with E-state index in [9.17, 15) is 0 Å². The second kappa shape index (κ2) is 6.57. The van der Waals surface area contributed by atoms with E-state index in [2.05, 4.69) is 15.5 Å². The Morgan fingerprint density at radius 2 is 1.73 bits per heavy atom. The van der Waals surface area contributed by atoms with E-state index in [1.165, 1.54) is 0 Å². The molecule has 0 saturated heterocycles. The molecule has 112 valence electrons. The van der Waals surface area contributed by atoms with Crippen LogP contribution in [0.4, 0.5) is 5.69 Å². The van der Waals surface area contributed by atoms with Crippen molar-refractivity contribution < 1.29 is 4.42 Å². The van der Waals surface area contributed by atoms with Crippen LogP contribution in [-0.4, -0.2) is 10.2 Å². The van der Waals surface area contributed by atoms with Crippen molar-refractivity contribution in [1.29, 1.82) is 0 Å². The molecule has 1 N–H and O–H groups in total. The SMILES string of the molecule is Clc1ccc(-c2nnc(CNc3cccc(Cl)c3Cl)o2)cc1. The zero-order valence-corrected chi connectivity index (χ0v) is 13.5. The van der Waals surface area contributed by atoms with Gasteiger partial charge in [0.05, 0.1) is 22.3 Å². The molecule has 3 aromatic rings. The molecule has 0 unspecified atom stereocenters. The van der Waals surface area contributed by atoms with Crippen LogP contribution in [0.1, 0.15) is 5.89 Å². The van der Waals surface area contributed by atoms with Crippen LogP contribution in [0, 0.1) is 0 Å². The first-order valence-electron chi connectivity index (χ1n) is 6.39. The highest BCUT2D eigenvalue weighted by molar-refractivity contribution is 6.43. The zero-order chi connectivity index (χ0) is 15.5. The molecule has 4 nitrogen and oxygen atoms in total. The van der Waals surface area contributed by atoms with Crippen LogP contribution in [0.25, 0.3) is 11.5 Å². The maximum Gasteiger partial charge on any atom is 0.247 e. The highest BCUT2D eigenvalue weighted by Crippen LogP contribution is 2.30. The molecular formula is C15H10Cl3N3O. The van der Waals surface area contributed by atoms with Crippen LogP contribution in [0.15, 0.2) is 46.9 Å². The molecule has 0 saturated carbocycles. The van der Waals surface area contributed by atoms with Gasteiger partial charge in [0.15, 0.2) is 0 Å². The summed E-state index contributed by atoms with van der Waals surface area (Å²) in [6, 6.07) is 12.5. The predicted molar refractivity (Wildman–Crippen MR) is 88.5 cm³/mol. The largest absolute Gasteiger partial charge is 0.419 e. The van der Waals surface area contributed by atoms with Crippen LogP contribution in [0.3, 0.4) is 0 Å². The van der Waals surface area contributed by atoms with Gasteiger partial charge in [-0.25, -0.2) is 0 Å². The molecule has 0 amide bonds. The Hall–Kier alpha value is -1.75. The van der Waals surface area contributed by atoms with Crippen molar-refractivity contribution in [2.75, 3.05) is 5.32 Å². The molecule has 22 heavy (non-hydrogen) atoms. The molecule has 0 bridgehead atoms. The molecule has 0 aliphatic carbocycles. The molecule has 0 radical (unpaired) electrons. The van der Waals surface area contributed by atoms with Crippen molar-refractivity contribution in [3.8, 4) is 11.5 Å². The number of halogens is 3. The third-order valence-corrected chi connectivity index (χ3v) is 4.01. The quantitative estimate of drug-likeness (QED) is 0.690. The van der Waals surface area contributed by atoms with Gasteiger partial charge in [0.25, 0.3) is 0 Å². The van der Waals surface area contributed by atoms with Crippen molar-refractivity contribution in [3.05, 3.63) is 63.4 Å². The van der Waals surface area contributed by atoms with Crippen molar-refractivity contribution in [2.24, 2.45) is 0 Å². The number of benzene rings is 2. The Balaban J connectivity index is 1.72. The average Bonchev–Trinajstić information content (AvgIpc) is 2.98. The molecule has 0 fully saturated rings. The fourth-order valence-electron chi connectivity index (χ4n) is 1.85. The Kier molecular flexibility index (Phi) is 4.52. The standard InChI is InChI=1S/C15H10Cl3N3O/c16-10-6-4-9(5-7-10)15-21-20-13(22-15)8-19-12-3-1-2-11(17)14(12)18/h1-7,19H,8H2. The lowest BCUT2D eigenvalue weighted by Gasteiger charge is -2.06. The van der Waals surface area contributed by atoms with E-state index in [4.69, 9.17) is 39.2 Å². The number of rotatable bonds is 4. The van der Waals surface area contributed by atoms with Crippen LogP contribution >= 0.6 is 34.8 Å². The van der Waals surface area contributed by atoms with Crippen molar-refractivity contribution in [1.82, 2.24) is 10.2 Å². The zero-order valence-electron chi connectivity index (χ0n) is 11.2. The van der Waals surface area contributed by atoms with E-state index in [0.29, 0.717) is 39.1 Å². The summed E-state index contributed by atoms with van der Waals surface area (Å²) in [6.45, 7) is 0.348. The molecule has 0 spiro atoms. The van der Waals surface area contributed by atoms with Gasteiger partial charge in [-0.05, 0) is 36.4 Å². The fraction of sp³-hybridized carbons (Fsp3) is 0.0667. The van der Waals surface area contributed by atoms with Gasteiger partial charge < -0.3 is 9.73 Å². The molecular weight excluding hydrogens is 345 g/mol. The Morgan fingerprint density at radius 1 is 0.955 bits per heavy atom. The van der Waals surface area contributed by atoms with Crippen molar-refractivity contribution >= 4 is 40.5 Å². The van der Waals surface area contributed by atoms with Gasteiger partial charge in [0.1, 0.15) is 0 Å². The predicted octanol–water partition coefficient (Wildman–Crippen LogP) is 5.31. The highest BCUT2D eigenvalue weighted by Gasteiger charge is 2.10. The van der Waals surface area contributed by atoms with Crippen LogP contribution in [0.2, 0.25) is 15.1 Å². The molecule has 0 atom stereocenters. The van der Waals surface area contributed by atoms with Crippen LogP contribution < -0.4 is 5.32 Å². The highest BCUT2D eigenvalue weighted by atomic mass is 35.5. The summed E-state index contributed by atoms with van der Waals surface area (Å²) in [5.74, 6) is 0.881. The van der Waals surface area contributed by atoms with E-state index in [1.54, 1.807) is 18.2 Å². The average molecular weight is 355 g/mol. The smallest absolute Gasteiger partial charge is 0.247 e. The lowest BCUT2D eigenvalue weighted by Crippen LogP contribution is -2.00. The van der Waals surface area contributed by atoms with Gasteiger partial charge in [-0.2, -0.15) is 0 Å². The number of hydrogen-bond acceptors (Lipinski definition) is 4. The van der Waals surface area contributed by atoms with Crippen LogP contribution in [-0.2, 0) is 6.54 Å². The molecule has 2 aromatic carbocycles. The summed E-state index contributed by atoms with van der Waals surface area (Å²) in [6.07, 6.45) is 0.